The third-order valence-electron chi connectivity index (χ3n) is 4.30. The molecule has 0 spiro atoms. The van der Waals surface area contributed by atoms with Crippen LogP contribution in [0.4, 0.5) is 10.1 Å². The second-order valence-electron chi connectivity index (χ2n) is 7.32. The maximum absolute atomic E-state index is 13.2. The second kappa shape index (κ2) is 19.4. The summed E-state index contributed by atoms with van der Waals surface area (Å²) in [5, 5.41) is 6.37. The van der Waals surface area contributed by atoms with Crippen molar-refractivity contribution in [1.29, 1.82) is 0 Å². The molecule has 0 heterocycles. The summed E-state index contributed by atoms with van der Waals surface area (Å²) in [5.41, 5.74) is 1.90. The van der Waals surface area contributed by atoms with Crippen LogP contribution in [0.15, 0.2) is 43.5 Å². The van der Waals surface area contributed by atoms with Crippen LogP contribution in [0, 0.1) is 18.7 Å². The van der Waals surface area contributed by atoms with Gasteiger partial charge in [-0.2, -0.15) is 0 Å². The molecule has 1 saturated carbocycles. The van der Waals surface area contributed by atoms with Crippen LogP contribution in [0.1, 0.15) is 65.9 Å². The third kappa shape index (κ3) is 17.9. The van der Waals surface area contributed by atoms with Crippen molar-refractivity contribution in [3.8, 4) is 0 Å². The molecule has 2 rings (SSSR count). The summed E-state index contributed by atoms with van der Waals surface area (Å²) >= 11 is 0. The van der Waals surface area contributed by atoms with Crippen LogP contribution < -0.4 is 10.6 Å². The van der Waals surface area contributed by atoms with Crippen LogP contribution in [0.3, 0.4) is 0 Å². The molecule has 0 amide bonds. The molecule has 1 aromatic carbocycles. The van der Waals surface area contributed by atoms with Gasteiger partial charge in [-0.05, 0) is 70.7 Å². The molecule has 29 heavy (non-hydrogen) atoms. The van der Waals surface area contributed by atoms with Gasteiger partial charge in [0.2, 0.25) is 0 Å². The first-order valence-corrected chi connectivity index (χ1v) is 10.0. The number of aryl methyl sites for hydroxylation is 1. The Morgan fingerprint density at radius 2 is 1.83 bits per heavy atom. The number of halogens is 1. The van der Waals surface area contributed by atoms with E-state index < -0.39 is 0 Å². The van der Waals surface area contributed by atoms with Gasteiger partial charge in [0.05, 0.1) is 5.69 Å². The Labute approximate surface area is 179 Å². The van der Waals surface area contributed by atoms with E-state index in [1.807, 2.05) is 26.8 Å². The number of carbonyl (C=O) groups excluding carboxylic acids is 1. The molecule has 0 aliphatic heterocycles. The number of hydrogen-bond donors (Lipinski definition) is 2. The lowest BCUT2D eigenvalue weighted by Crippen LogP contribution is -2.33. The van der Waals surface area contributed by atoms with Gasteiger partial charge in [0.1, 0.15) is 12.6 Å². The quantitative estimate of drug-likeness (QED) is 0.361. The average molecular weight is 409 g/mol. The van der Waals surface area contributed by atoms with Gasteiger partial charge in [-0.25, -0.2) is 4.39 Å². The zero-order chi connectivity index (χ0) is 22.0. The molecule has 1 aliphatic rings. The normalized spacial score (nSPS) is 12.2. The molecule has 0 saturated heterocycles. The number of anilines is 1. The Bertz CT molecular complexity index is 538. The maximum atomic E-state index is 13.2. The van der Waals surface area contributed by atoms with Crippen LogP contribution in [-0.4, -0.2) is 25.9 Å². The van der Waals surface area contributed by atoms with E-state index in [2.05, 4.69) is 56.7 Å². The van der Waals surface area contributed by atoms with Crippen molar-refractivity contribution >= 4 is 12.5 Å². The first-order valence-electron chi connectivity index (χ1n) is 10.0. The number of hydrogen-bond acceptors (Lipinski definition) is 3. The van der Waals surface area contributed by atoms with E-state index in [1.165, 1.54) is 38.2 Å². The molecule has 1 fully saturated rings. The summed E-state index contributed by atoms with van der Waals surface area (Å²) in [4.78, 5) is 8.00. The third-order valence-corrected chi connectivity index (χ3v) is 4.30. The topological polar surface area (TPSA) is 41.1 Å². The van der Waals surface area contributed by atoms with E-state index in [4.69, 9.17) is 4.79 Å². The van der Waals surface area contributed by atoms with Gasteiger partial charge >= 0.3 is 0 Å². The second-order valence-corrected chi connectivity index (χ2v) is 7.32. The predicted molar refractivity (Wildman–Crippen MR) is 129 cm³/mol. The highest BCUT2D eigenvalue weighted by molar-refractivity contribution is 5.47. The fraction of sp³-hybridized carbons (Fsp3) is 0.560. The molecular weight excluding hydrogens is 363 g/mol. The largest absolute Gasteiger partial charge is 0.382 e. The Hall–Kier alpha value is -1.94. The monoisotopic (exact) mass is 408 g/mol. The molecule has 0 bridgehead atoms. The van der Waals surface area contributed by atoms with Gasteiger partial charge in [0.15, 0.2) is 0 Å². The summed E-state index contributed by atoms with van der Waals surface area (Å²) < 4.78 is 13.2. The van der Waals surface area contributed by atoms with Crippen molar-refractivity contribution in [2.45, 2.75) is 72.8 Å². The number of allylic oxidation sites excluding steroid dienone is 1. The number of benzene rings is 1. The van der Waals surface area contributed by atoms with Gasteiger partial charge in [-0.3, -0.25) is 0 Å². The SMILES string of the molecule is C.C=C.C=O.CCCC/C=C/C(C)(C)NC.Cc1ccc(F)c(NCC2CC2)c1. The van der Waals surface area contributed by atoms with E-state index >= 15 is 0 Å². The van der Waals surface area contributed by atoms with Crippen molar-refractivity contribution in [3.05, 3.63) is 54.9 Å². The number of likely N-dealkylation sites (N-methyl/N-ethyl adjacent to an activating group) is 1. The van der Waals surface area contributed by atoms with E-state index in [-0.39, 0.29) is 18.8 Å². The van der Waals surface area contributed by atoms with Crippen molar-refractivity contribution in [2.75, 3.05) is 18.9 Å². The molecule has 1 aliphatic carbocycles. The number of nitrogens with one attached hydrogen (secondary N) is 2. The first-order chi connectivity index (χ1) is 13.4. The lowest BCUT2D eigenvalue weighted by molar-refractivity contribution is -0.0979. The van der Waals surface area contributed by atoms with E-state index in [9.17, 15) is 4.39 Å². The highest BCUT2D eigenvalue weighted by Crippen LogP contribution is 2.29. The highest BCUT2D eigenvalue weighted by Gasteiger charge is 2.20. The Kier molecular flexibility index (Phi) is 21.2. The van der Waals surface area contributed by atoms with Crippen molar-refractivity contribution in [3.63, 3.8) is 0 Å². The zero-order valence-electron chi connectivity index (χ0n) is 18.6. The molecule has 0 radical (unpaired) electrons. The lowest BCUT2D eigenvalue weighted by Gasteiger charge is -2.18. The summed E-state index contributed by atoms with van der Waals surface area (Å²) in [6, 6.07) is 5.17. The maximum Gasteiger partial charge on any atom is 0.146 e. The predicted octanol–water partition coefficient (Wildman–Crippen LogP) is 6.94. The molecule has 3 nitrogen and oxygen atoms in total. The van der Waals surface area contributed by atoms with Gasteiger partial charge < -0.3 is 15.4 Å². The Morgan fingerprint density at radius 3 is 2.31 bits per heavy atom. The summed E-state index contributed by atoms with van der Waals surface area (Å²) in [5.74, 6) is 0.631. The number of rotatable bonds is 8. The summed E-state index contributed by atoms with van der Waals surface area (Å²) in [6.45, 7) is 17.5. The van der Waals surface area contributed by atoms with Crippen molar-refractivity contribution in [1.82, 2.24) is 5.32 Å². The van der Waals surface area contributed by atoms with Crippen LogP contribution >= 0.6 is 0 Å². The molecular formula is C25H45FN2O. The average Bonchev–Trinajstić information content (AvgIpc) is 3.54. The fourth-order valence-corrected chi connectivity index (χ4v) is 2.13. The summed E-state index contributed by atoms with van der Waals surface area (Å²) in [7, 11) is 1.99. The van der Waals surface area contributed by atoms with Crippen LogP contribution in [0.2, 0.25) is 0 Å². The molecule has 168 valence electrons. The fourth-order valence-electron chi connectivity index (χ4n) is 2.13. The molecule has 0 unspecified atom stereocenters. The molecule has 4 heteroatoms. The minimum atomic E-state index is -0.147. The number of unbranched alkanes of at least 4 members (excludes halogenated alkanes) is 2. The van der Waals surface area contributed by atoms with Crippen LogP contribution in [0.5, 0.6) is 0 Å². The zero-order valence-corrected chi connectivity index (χ0v) is 18.6. The van der Waals surface area contributed by atoms with Gasteiger partial charge in [-0.15, -0.1) is 13.2 Å². The minimum Gasteiger partial charge on any atom is -0.382 e. The van der Waals surface area contributed by atoms with E-state index in [1.54, 1.807) is 6.07 Å². The molecule has 1 aromatic rings. The van der Waals surface area contributed by atoms with Gasteiger partial charge in [-0.1, -0.05) is 45.4 Å². The van der Waals surface area contributed by atoms with Crippen molar-refractivity contribution in [2.24, 2.45) is 5.92 Å². The first kappa shape index (κ1) is 31.7. The van der Waals surface area contributed by atoms with Crippen LogP contribution in [-0.2, 0) is 4.79 Å². The Morgan fingerprint density at radius 1 is 1.24 bits per heavy atom. The number of carbonyl (C=O) groups is 1. The molecule has 2 N–H and O–H groups in total. The van der Waals surface area contributed by atoms with Gasteiger partial charge in [0, 0.05) is 12.1 Å². The van der Waals surface area contributed by atoms with Gasteiger partial charge in [0.25, 0.3) is 0 Å². The van der Waals surface area contributed by atoms with Crippen LogP contribution in [0.25, 0.3) is 0 Å². The van der Waals surface area contributed by atoms with E-state index in [0.717, 1.165) is 18.0 Å². The molecule has 0 aromatic heterocycles. The summed E-state index contributed by atoms with van der Waals surface area (Å²) in [6.07, 6.45) is 10.9. The lowest BCUT2D eigenvalue weighted by atomic mass is 10.0. The molecule has 0 atom stereocenters. The minimum absolute atomic E-state index is 0. The van der Waals surface area contributed by atoms with Crippen molar-refractivity contribution < 1.29 is 9.18 Å². The highest BCUT2D eigenvalue weighted by atomic mass is 19.1. The standard InChI is InChI=1S/C11H14FN.C10H21N.C2H4.CH2O.CH4/c1-8-2-5-10(12)11(6-8)13-7-9-3-4-9;1-5-6-7-8-9-10(2,3)11-4;2*1-2;/h2,5-6,9,13H,3-4,7H2,1H3;8-9,11H,5-7H2,1-4H3;1-2H2;1H2;1H4/b;9-8+;;;. The van der Waals surface area contributed by atoms with E-state index in [0.29, 0.717) is 5.69 Å². The smallest absolute Gasteiger partial charge is 0.146 e. The Balaban J connectivity index is -0.000000391.